The largest absolute Gasteiger partial charge is 0.389 e. The van der Waals surface area contributed by atoms with Crippen LogP contribution in [0.1, 0.15) is 30.0 Å². The Morgan fingerprint density at radius 3 is 2.43 bits per heavy atom. The lowest BCUT2D eigenvalue weighted by molar-refractivity contribution is -0.144. The number of rotatable bonds is 6. The van der Waals surface area contributed by atoms with Crippen LogP contribution in [0.25, 0.3) is 0 Å². The van der Waals surface area contributed by atoms with E-state index >= 15 is 0 Å². The van der Waals surface area contributed by atoms with Gasteiger partial charge in [-0.2, -0.15) is 13.2 Å². The molecule has 0 unspecified atom stereocenters. The van der Waals surface area contributed by atoms with E-state index in [0.29, 0.717) is 0 Å². The van der Waals surface area contributed by atoms with Crippen LogP contribution in [0.2, 0.25) is 0 Å². The van der Waals surface area contributed by atoms with E-state index in [1.807, 2.05) is 50.2 Å². The first-order valence-corrected chi connectivity index (χ1v) is 6.76. The lowest BCUT2D eigenvalue weighted by atomic mass is 10.0. The molecular weight excluding hydrogens is 281 g/mol. The molecule has 1 N–H and O–H groups in total. The number of nitrogens with zero attached hydrogens (tertiary/aromatic N) is 1. The van der Waals surface area contributed by atoms with Crippen molar-refractivity contribution in [2.24, 2.45) is 0 Å². The van der Waals surface area contributed by atoms with Gasteiger partial charge in [0.1, 0.15) is 0 Å². The first kappa shape index (κ1) is 17.5. The molecule has 0 saturated heterocycles. The van der Waals surface area contributed by atoms with Crippen molar-refractivity contribution in [3.8, 4) is 0 Å². The normalized spacial score (nSPS) is 13.3. The molecule has 0 heterocycles. The number of amides is 1. The Morgan fingerprint density at radius 1 is 1.29 bits per heavy atom. The Balaban J connectivity index is 2.61. The molecule has 1 amide bonds. The van der Waals surface area contributed by atoms with Crippen LogP contribution in [-0.4, -0.2) is 37.6 Å². The number of nitrogens with one attached hydrogen (secondary N) is 1. The van der Waals surface area contributed by atoms with E-state index in [4.69, 9.17) is 0 Å². The molecule has 0 fully saturated rings. The summed E-state index contributed by atoms with van der Waals surface area (Å²) in [6.45, 7) is 2.26. The third kappa shape index (κ3) is 6.16. The van der Waals surface area contributed by atoms with Gasteiger partial charge in [0.25, 0.3) is 0 Å². The van der Waals surface area contributed by atoms with Crippen molar-refractivity contribution in [3.05, 3.63) is 35.4 Å². The molecule has 118 valence electrons. The summed E-state index contributed by atoms with van der Waals surface area (Å²) >= 11 is 0. The fraction of sp³-hybridized carbons (Fsp3) is 0.533. The number of alkyl halides is 3. The second-order valence-electron chi connectivity index (χ2n) is 5.26. The highest BCUT2D eigenvalue weighted by Gasteiger charge is 2.28. The van der Waals surface area contributed by atoms with E-state index in [-0.39, 0.29) is 12.6 Å². The van der Waals surface area contributed by atoms with Crippen molar-refractivity contribution in [2.45, 2.75) is 32.0 Å². The summed E-state index contributed by atoms with van der Waals surface area (Å²) in [4.78, 5) is 13.4. The van der Waals surface area contributed by atoms with E-state index in [0.717, 1.165) is 11.1 Å². The zero-order valence-corrected chi connectivity index (χ0v) is 12.5. The first-order chi connectivity index (χ1) is 9.70. The van der Waals surface area contributed by atoms with Crippen molar-refractivity contribution in [1.82, 2.24) is 10.2 Å². The van der Waals surface area contributed by atoms with Gasteiger partial charge < -0.3 is 10.2 Å². The third-order valence-electron chi connectivity index (χ3n) is 3.30. The van der Waals surface area contributed by atoms with Crippen LogP contribution < -0.4 is 5.32 Å². The van der Waals surface area contributed by atoms with Gasteiger partial charge in [-0.05, 0) is 32.1 Å². The van der Waals surface area contributed by atoms with Gasteiger partial charge in [-0.3, -0.25) is 4.79 Å². The Bertz CT molecular complexity index is 472. The molecule has 0 aromatic heterocycles. The predicted octanol–water partition coefficient (Wildman–Crippen LogP) is 3.06. The van der Waals surface area contributed by atoms with Crippen molar-refractivity contribution in [1.29, 1.82) is 0 Å². The Kier molecular flexibility index (Phi) is 6.20. The molecule has 6 heteroatoms. The maximum Gasteiger partial charge on any atom is 0.389 e. The quantitative estimate of drug-likeness (QED) is 0.876. The highest BCUT2D eigenvalue weighted by molar-refractivity contribution is 5.75. The Hall–Kier alpha value is -1.56. The fourth-order valence-corrected chi connectivity index (χ4v) is 2.09. The van der Waals surface area contributed by atoms with Gasteiger partial charge in [-0.15, -0.1) is 0 Å². The van der Waals surface area contributed by atoms with Crippen LogP contribution in [0.15, 0.2) is 24.3 Å². The van der Waals surface area contributed by atoms with E-state index in [1.54, 1.807) is 0 Å². The Morgan fingerprint density at radius 2 is 1.90 bits per heavy atom. The van der Waals surface area contributed by atoms with E-state index in [9.17, 15) is 18.0 Å². The number of hydrogen-bond donors (Lipinski definition) is 1. The van der Waals surface area contributed by atoms with Crippen molar-refractivity contribution >= 4 is 5.91 Å². The van der Waals surface area contributed by atoms with E-state index in [2.05, 4.69) is 5.32 Å². The van der Waals surface area contributed by atoms with Gasteiger partial charge >= 0.3 is 6.18 Å². The zero-order chi connectivity index (χ0) is 16.0. The topological polar surface area (TPSA) is 32.3 Å². The van der Waals surface area contributed by atoms with Gasteiger partial charge in [-0.25, -0.2) is 0 Å². The second kappa shape index (κ2) is 7.45. The lowest BCUT2D eigenvalue weighted by Gasteiger charge is -2.26. The number of carbonyl (C=O) groups is 1. The molecule has 1 rings (SSSR count). The molecule has 1 aromatic carbocycles. The molecule has 0 saturated carbocycles. The number of carbonyl (C=O) groups excluding carboxylic acids is 1. The molecule has 21 heavy (non-hydrogen) atoms. The van der Waals surface area contributed by atoms with Crippen LogP contribution in [0.5, 0.6) is 0 Å². The minimum Gasteiger partial charge on any atom is -0.354 e. The number of likely N-dealkylation sites (N-methyl/N-ethyl adjacent to an activating group) is 1. The highest BCUT2D eigenvalue weighted by Crippen LogP contribution is 2.22. The van der Waals surface area contributed by atoms with Crippen molar-refractivity contribution in [2.75, 3.05) is 20.6 Å². The minimum absolute atomic E-state index is 0.0685. The number of benzene rings is 1. The molecule has 0 aliphatic carbocycles. The van der Waals surface area contributed by atoms with E-state index < -0.39 is 24.9 Å². The third-order valence-corrected chi connectivity index (χ3v) is 3.30. The first-order valence-electron chi connectivity index (χ1n) is 6.76. The minimum atomic E-state index is -4.30. The molecule has 0 aliphatic rings. The molecule has 0 aliphatic heterocycles. The standard InChI is InChI=1S/C15H21F3N2O/c1-11-6-4-5-7-12(11)13(20(2)3)10-19-14(21)8-9-15(16,17)18/h4-7,13H,8-10H2,1-3H3,(H,19,21)/t13-/m0/s1. The molecular formula is C15H21F3N2O. The van der Waals surface area contributed by atoms with Gasteiger partial charge in [0.05, 0.1) is 12.5 Å². The monoisotopic (exact) mass is 302 g/mol. The van der Waals surface area contributed by atoms with Crippen LogP contribution >= 0.6 is 0 Å². The molecule has 0 spiro atoms. The number of halogens is 3. The second-order valence-corrected chi connectivity index (χ2v) is 5.26. The summed E-state index contributed by atoms with van der Waals surface area (Å²) in [6.07, 6.45) is -5.92. The van der Waals surface area contributed by atoms with Crippen LogP contribution in [0.3, 0.4) is 0 Å². The van der Waals surface area contributed by atoms with E-state index in [1.165, 1.54) is 0 Å². The average Bonchev–Trinajstić information content (AvgIpc) is 2.37. The van der Waals surface area contributed by atoms with Gasteiger partial charge in [0.2, 0.25) is 5.91 Å². The van der Waals surface area contributed by atoms with Crippen molar-refractivity contribution in [3.63, 3.8) is 0 Å². The molecule has 0 bridgehead atoms. The molecule has 3 nitrogen and oxygen atoms in total. The maximum absolute atomic E-state index is 12.1. The SMILES string of the molecule is Cc1ccccc1[C@H](CNC(=O)CCC(F)(F)F)N(C)C. The van der Waals surface area contributed by atoms with Crippen molar-refractivity contribution < 1.29 is 18.0 Å². The van der Waals surface area contributed by atoms with Gasteiger partial charge in [0.15, 0.2) is 0 Å². The average molecular weight is 302 g/mol. The summed E-state index contributed by atoms with van der Waals surface area (Å²) in [5, 5.41) is 2.58. The van der Waals surface area contributed by atoms with Crippen LogP contribution in [0, 0.1) is 6.92 Å². The van der Waals surface area contributed by atoms with Crippen LogP contribution in [0.4, 0.5) is 13.2 Å². The molecule has 0 radical (unpaired) electrons. The number of aryl methyl sites for hydroxylation is 1. The van der Waals surface area contributed by atoms with Gasteiger partial charge in [0, 0.05) is 13.0 Å². The molecule has 1 aromatic rings. The van der Waals surface area contributed by atoms with Crippen LogP contribution in [-0.2, 0) is 4.79 Å². The highest BCUT2D eigenvalue weighted by atomic mass is 19.4. The fourth-order valence-electron chi connectivity index (χ4n) is 2.09. The number of hydrogen-bond acceptors (Lipinski definition) is 2. The Labute approximate surface area is 123 Å². The summed E-state index contributed by atoms with van der Waals surface area (Å²) in [5.74, 6) is -0.576. The molecule has 1 atom stereocenters. The predicted molar refractivity (Wildman–Crippen MR) is 75.9 cm³/mol. The van der Waals surface area contributed by atoms with Gasteiger partial charge in [-0.1, -0.05) is 24.3 Å². The lowest BCUT2D eigenvalue weighted by Crippen LogP contribution is -2.35. The maximum atomic E-state index is 12.1. The summed E-state index contributed by atoms with van der Waals surface area (Å²) < 4.78 is 36.2. The summed E-state index contributed by atoms with van der Waals surface area (Å²) in [7, 11) is 3.75. The zero-order valence-electron chi connectivity index (χ0n) is 12.5. The smallest absolute Gasteiger partial charge is 0.354 e. The summed E-state index contributed by atoms with van der Waals surface area (Å²) in [5.41, 5.74) is 2.14. The summed E-state index contributed by atoms with van der Waals surface area (Å²) in [6, 6.07) is 7.69.